The Balaban J connectivity index is 1.99. The Labute approximate surface area is 143 Å². The summed E-state index contributed by atoms with van der Waals surface area (Å²) < 4.78 is 10.7. The summed E-state index contributed by atoms with van der Waals surface area (Å²) in [6.07, 6.45) is 1.36. The van der Waals surface area contributed by atoms with Gasteiger partial charge >= 0.3 is 5.97 Å². The lowest BCUT2D eigenvalue weighted by atomic mass is 9.96. The van der Waals surface area contributed by atoms with Gasteiger partial charge in [-0.3, -0.25) is 9.59 Å². The summed E-state index contributed by atoms with van der Waals surface area (Å²) >= 11 is 0. The highest BCUT2D eigenvalue weighted by atomic mass is 16.5. The minimum absolute atomic E-state index is 0.0101. The van der Waals surface area contributed by atoms with Crippen LogP contribution in [0.3, 0.4) is 0 Å². The van der Waals surface area contributed by atoms with Gasteiger partial charge in [0.05, 0.1) is 19.1 Å². The molecular formula is C19H27NO4. The zero-order chi connectivity index (χ0) is 17.5. The van der Waals surface area contributed by atoms with Crippen LogP contribution in [0.25, 0.3) is 0 Å². The van der Waals surface area contributed by atoms with Crippen molar-refractivity contribution in [2.45, 2.75) is 45.3 Å². The number of hydrogen-bond donors (Lipinski definition) is 0. The van der Waals surface area contributed by atoms with E-state index < -0.39 is 6.10 Å². The van der Waals surface area contributed by atoms with Gasteiger partial charge in [0, 0.05) is 19.5 Å². The van der Waals surface area contributed by atoms with Crippen LogP contribution in [0.1, 0.15) is 32.3 Å². The molecule has 0 N–H and O–H groups in total. The Bertz CT molecular complexity index is 536. The summed E-state index contributed by atoms with van der Waals surface area (Å²) in [4.78, 5) is 26.3. The number of carbonyl (C=O) groups is 2. The molecule has 0 bridgehead atoms. The maximum Gasteiger partial charge on any atom is 0.308 e. The lowest BCUT2D eigenvalue weighted by Crippen LogP contribution is -2.47. The highest BCUT2D eigenvalue weighted by Gasteiger charge is 2.32. The molecule has 5 heteroatoms. The largest absolute Gasteiger partial charge is 0.469 e. The van der Waals surface area contributed by atoms with Crippen molar-refractivity contribution in [1.29, 1.82) is 0 Å². The monoisotopic (exact) mass is 333 g/mol. The van der Waals surface area contributed by atoms with Gasteiger partial charge in [-0.2, -0.15) is 0 Å². The third kappa shape index (κ3) is 5.06. The van der Waals surface area contributed by atoms with Crippen molar-refractivity contribution >= 4 is 11.9 Å². The molecule has 1 atom stereocenters. The van der Waals surface area contributed by atoms with Crippen LogP contribution in [0.15, 0.2) is 30.3 Å². The van der Waals surface area contributed by atoms with Gasteiger partial charge in [-0.15, -0.1) is 0 Å². The molecule has 0 spiro atoms. The van der Waals surface area contributed by atoms with Crippen molar-refractivity contribution in [3.05, 3.63) is 35.9 Å². The Kier molecular flexibility index (Phi) is 6.79. The fraction of sp³-hybridized carbons (Fsp3) is 0.579. The smallest absolute Gasteiger partial charge is 0.308 e. The zero-order valence-electron chi connectivity index (χ0n) is 14.7. The van der Waals surface area contributed by atoms with Crippen LogP contribution in [0, 0.1) is 5.92 Å². The molecule has 0 aliphatic carbocycles. The van der Waals surface area contributed by atoms with Crippen LogP contribution in [0.2, 0.25) is 0 Å². The van der Waals surface area contributed by atoms with E-state index in [2.05, 4.69) is 0 Å². The van der Waals surface area contributed by atoms with Crippen molar-refractivity contribution in [3.8, 4) is 0 Å². The summed E-state index contributed by atoms with van der Waals surface area (Å²) in [6.45, 7) is 5.03. The van der Waals surface area contributed by atoms with E-state index in [0.29, 0.717) is 32.4 Å². The molecular weight excluding hydrogens is 306 g/mol. The van der Waals surface area contributed by atoms with Crippen molar-refractivity contribution in [2.75, 3.05) is 20.2 Å². The molecule has 1 unspecified atom stereocenters. The number of amides is 1. The van der Waals surface area contributed by atoms with Gasteiger partial charge in [0.2, 0.25) is 0 Å². The molecule has 0 aromatic heterocycles. The third-order valence-corrected chi connectivity index (χ3v) is 4.32. The van der Waals surface area contributed by atoms with Gasteiger partial charge in [-0.1, -0.05) is 30.3 Å². The summed E-state index contributed by atoms with van der Waals surface area (Å²) in [5.74, 6) is -0.269. The van der Waals surface area contributed by atoms with Crippen LogP contribution in [0.4, 0.5) is 0 Å². The number of nitrogens with zero attached hydrogens (tertiary/aromatic N) is 1. The van der Waals surface area contributed by atoms with Crippen molar-refractivity contribution in [1.82, 2.24) is 4.90 Å². The number of ether oxygens (including phenoxy) is 2. The number of piperidine rings is 1. The molecule has 2 rings (SSSR count). The Morgan fingerprint density at radius 3 is 2.33 bits per heavy atom. The topological polar surface area (TPSA) is 55.8 Å². The second-order valence-corrected chi connectivity index (χ2v) is 6.49. The third-order valence-electron chi connectivity index (χ3n) is 4.32. The van der Waals surface area contributed by atoms with E-state index in [1.165, 1.54) is 7.11 Å². The van der Waals surface area contributed by atoms with Crippen molar-refractivity contribution in [2.24, 2.45) is 5.92 Å². The Morgan fingerprint density at radius 2 is 1.79 bits per heavy atom. The first-order valence-corrected chi connectivity index (χ1v) is 8.57. The van der Waals surface area contributed by atoms with E-state index in [4.69, 9.17) is 9.47 Å². The second kappa shape index (κ2) is 8.83. The normalized spacial score (nSPS) is 16.9. The number of likely N-dealkylation sites (tertiary alicyclic amines) is 1. The maximum atomic E-state index is 12.9. The number of carbonyl (C=O) groups excluding carboxylic acids is 2. The van der Waals surface area contributed by atoms with Crippen LogP contribution in [0.5, 0.6) is 0 Å². The first kappa shape index (κ1) is 18.5. The van der Waals surface area contributed by atoms with E-state index in [1.807, 2.05) is 49.1 Å². The van der Waals surface area contributed by atoms with E-state index in [-0.39, 0.29) is 23.9 Å². The molecule has 1 aliphatic heterocycles. The summed E-state index contributed by atoms with van der Waals surface area (Å²) in [5, 5.41) is 0. The lowest BCUT2D eigenvalue weighted by Gasteiger charge is -2.33. The van der Waals surface area contributed by atoms with Crippen LogP contribution >= 0.6 is 0 Å². The fourth-order valence-electron chi connectivity index (χ4n) is 3.06. The number of methoxy groups -OCH3 is 1. The Hall–Kier alpha value is -1.88. The first-order chi connectivity index (χ1) is 11.5. The summed E-state index contributed by atoms with van der Waals surface area (Å²) in [7, 11) is 1.41. The van der Waals surface area contributed by atoms with Crippen molar-refractivity contribution < 1.29 is 19.1 Å². The number of hydrogen-bond acceptors (Lipinski definition) is 4. The molecule has 5 nitrogen and oxygen atoms in total. The predicted molar refractivity (Wildman–Crippen MR) is 91.5 cm³/mol. The Morgan fingerprint density at radius 1 is 1.17 bits per heavy atom. The van der Waals surface area contributed by atoms with Gasteiger partial charge < -0.3 is 14.4 Å². The van der Waals surface area contributed by atoms with E-state index in [9.17, 15) is 9.59 Å². The minimum Gasteiger partial charge on any atom is -0.469 e. The minimum atomic E-state index is -0.484. The van der Waals surface area contributed by atoms with E-state index >= 15 is 0 Å². The predicted octanol–water partition coefficient (Wildman–Crippen LogP) is 2.43. The molecule has 1 fully saturated rings. The van der Waals surface area contributed by atoms with Gasteiger partial charge in [0.25, 0.3) is 5.91 Å². The zero-order valence-corrected chi connectivity index (χ0v) is 14.7. The second-order valence-electron chi connectivity index (χ2n) is 6.49. The highest BCUT2D eigenvalue weighted by molar-refractivity contribution is 5.82. The average Bonchev–Trinajstić information content (AvgIpc) is 2.60. The summed E-state index contributed by atoms with van der Waals surface area (Å²) in [6, 6.07) is 9.91. The SMILES string of the molecule is COC(=O)C1CCN(C(=O)C(Cc2ccccc2)OC(C)C)CC1. The van der Waals surface area contributed by atoms with Crippen LogP contribution in [-0.4, -0.2) is 49.2 Å². The van der Waals surface area contributed by atoms with Gasteiger partial charge in [0.15, 0.2) is 0 Å². The molecule has 1 aliphatic rings. The molecule has 0 radical (unpaired) electrons. The van der Waals surface area contributed by atoms with E-state index in [1.54, 1.807) is 0 Å². The average molecular weight is 333 g/mol. The molecule has 1 heterocycles. The molecule has 24 heavy (non-hydrogen) atoms. The highest BCUT2D eigenvalue weighted by Crippen LogP contribution is 2.20. The molecule has 1 amide bonds. The van der Waals surface area contributed by atoms with Crippen LogP contribution in [-0.2, 0) is 25.5 Å². The molecule has 1 saturated heterocycles. The molecule has 1 aromatic rings. The molecule has 0 saturated carbocycles. The lowest BCUT2D eigenvalue weighted by molar-refractivity contribution is -0.153. The molecule has 132 valence electrons. The fourth-order valence-corrected chi connectivity index (χ4v) is 3.06. The number of benzene rings is 1. The van der Waals surface area contributed by atoms with E-state index in [0.717, 1.165) is 5.56 Å². The van der Waals surface area contributed by atoms with Gasteiger partial charge in [0.1, 0.15) is 6.10 Å². The first-order valence-electron chi connectivity index (χ1n) is 8.57. The standard InChI is InChI=1S/C19H27NO4/c1-14(2)24-17(13-15-7-5-4-6-8-15)18(21)20-11-9-16(10-12-20)19(22)23-3/h4-8,14,16-17H,9-13H2,1-3H3. The summed E-state index contributed by atoms with van der Waals surface area (Å²) in [5.41, 5.74) is 1.08. The number of rotatable bonds is 6. The quantitative estimate of drug-likeness (QED) is 0.750. The van der Waals surface area contributed by atoms with Crippen LogP contribution < -0.4 is 0 Å². The van der Waals surface area contributed by atoms with Crippen molar-refractivity contribution in [3.63, 3.8) is 0 Å². The van der Waals surface area contributed by atoms with Gasteiger partial charge in [-0.05, 0) is 32.3 Å². The maximum absolute atomic E-state index is 12.9. The number of esters is 1. The van der Waals surface area contributed by atoms with Gasteiger partial charge in [-0.25, -0.2) is 0 Å². The molecule has 1 aromatic carbocycles.